The van der Waals surface area contributed by atoms with Crippen molar-refractivity contribution >= 4 is 22.7 Å². The zero-order valence-electron chi connectivity index (χ0n) is 10.1. The molecule has 0 aromatic carbocycles. The van der Waals surface area contributed by atoms with Gasteiger partial charge in [-0.05, 0) is 18.9 Å². The van der Waals surface area contributed by atoms with Crippen LogP contribution in [-0.2, 0) is 11.8 Å². The summed E-state index contributed by atoms with van der Waals surface area (Å²) in [6, 6.07) is 1.43. The van der Waals surface area contributed by atoms with E-state index in [0.29, 0.717) is 6.42 Å². The summed E-state index contributed by atoms with van der Waals surface area (Å²) in [6.45, 7) is 0.769. The molecule has 1 aliphatic rings. The van der Waals surface area contributed by atoms with E-state index >= 15 is 0 Å². The number of pyridine rings is 1. The number of carboxylic acids is 1. The molecule has 1 atom stereocenters. The number of anilines is 1. The number of aromatic nitrogens is 3. The molecule has 3 rings (SSSR count). The van der Waals surface area contributed by atoms with Gasteiger partial charge >= 0.3 is 5.97 Å². The molecule has 6 nitrogen and oxygen atoms in total. The molecule has 1 saturated heterocycles. The van der Waals surface area contributed by atoms with Crippen LogP contribution >= 0.6 is 0 Å². The first-order valence-corrected chi connectivity index (χ1v) is 5.94. The first-order valence-electron chi connectivity index (χ1n) is 5.94. The molecule has 0 bridgehead atoms. The van der Waals surface area contributed by atoms with Gasteiger partial charge in [-0.25, -0.2) is 9.78 Å². The molecule has 0 amide bonds. The normalized spacial score (nSPS) is 19.6. The van der Waals surface area contributed by atoms with Crippen LogP contribution in [0.3, 0.4) is 0 Å². The van der Waals surface area contributed by atoms with Crippen molar-refractivity contribution in [3.05, 3.63) is 18.5 Å². The van der Waals surface area contributed by atoms with E-state index in [9.17, 15) is 9.90 Å². The number of carboxylic acid groups (broad SMARTS) is 1. The highest BCUT2D eigenvalue weighted by molar-refractivity contribution is 5.92. The Morgan fingerprint density at radius 1 is 1.56 bits per heavy atom. The van der Waals surface area contributed by atoms with Gasteiger partial charge in [0.2, 0.25) is 0 Å². The molecular formula is C12H14N4O2. The van der Waals surface area contributed by atoms with Gasteiger partial charge in [-0.1, -0.05) is 0 Å². The van der Waals surface area contributed by atoms with Crippen LogP contribution in [0.1, 0.15) is 12.8 Å². The van der Waals surface area contributed by atoms with E-state index in [1.54, 1.807) is 17.1 Å². The minimum absolute atomic E-state index is 0.434. The Labute approximate surface area is 104 Å². The van der Waals surface area contributed by atoms with E-state index in [4.69, 9.17) is 0 Å². The lowest BCUT2D eigenvalue weighted by molar-refractivity contribution is -0.138. The Hall–Kier alpha value is -2.11. The number of carbonyl (C=O) groups is 1. The highest BCUT2D eigenvalue weighted by atomic mass is 16.4. The maximum Gasteiger partial charge on any atom is 0.326 e. The third kappa shape index (κ3) is 1.53. The molecule has 0 aliphatic carbocycles. The van der Waals surface area contributed by atoms with Crippen LogP contribution in [0.15, 0.2) is 18.5 Å². The maximum absolute atomic E-state index is 11.2. The Balaban J connectivity index is 2.11. The SMILES string of the molecule is Cn1ncc2c(N3CCCC3C(=O)O)ccnc21. The molecule has 1 unspecified atom stereocenters. The Bertz CT molecular complexity index is 607. The summed E-state index contributed by atoms with van der Waals surface area (Å²) in [7, 11) is 1.83. The van der Waals surface area contributed by atoms with Crippen LogP contribution in [0.2, 0.25) is 0 Å². The van der Waals surface area contributed by atoms with Crippen molar-refractivity contribution in [1.82, 2.24) is 14.8 Å². The third-order valence-electron chi connectivity index (χ3n) is 3.46. The average molecular weight is 246 g/mol. The zero-order valence-corrected chi connectivity index (χ0v) is 10.1. The average Bonchev–Trinajstić information content (AvgIpc) is 2.96. The molecule has 0 spiro atoms. The molecular weight excluding hydrogens is 232 g/mol. The van der Waals surface area contributed by atoms with E-state index in [1.165, 1.54) is 0 Å². The Morgan fingerprint density at radius 2 is 2.39 bits per heavy atom. The molecule has 3 heterocycles. The summed E-state index contributed by atoms with van der Waals surface area (Å²) in [5.41, 5.74) is 1.70. The van der Waals surface area contributed by atoms with Gasteiger partial charge in [0.05, 0.1) is 17.3 Å². The summed E-state index contributed by atoms with van der Waals surface area (Å²) in [5, 5.41) is 14.3. The van der Waals surface area contributed by atoms with Gasteiger partial charge in [0.25, 0.3) is 0 Å². The van der Waals surface area contributed by atoms with Gasteiger partial charge in [-0.3, -0.25) is 4.68 Å². The van der Waals surface area contributed by atoms with E-state index in [2.05, 4.69) is 10.1 Å². The molecule has 94 valence electrons. The van der Waals surface area contributed by atoms with Crippen molar-refractivity contribution in [3.63, 3.8) is 0 Å². The van der Waals surface area contributed by atoms with E-state index in [1.807, 2.05) is 18.0 Å². The second kappa shape index (κ2) is 3.97. The maximum atomic E-state index is 11.2. The summed E-state index contributed by atoms with van der Waals surface area (Å²) in [4.78, 5) is 17.5. The largest absolute Gasteiger partial charge is 0.480 e. The summed E-state index contributed by atoms with van der Waals surface area (Å²) in [5.74, 6) is -0.763. The van der Waals surface area contributed by atoms with Crippen molar-refractivity contribution < 1.29 is 9.90 Å². The number of hydrogen-bond acceptors (Lipinski definition) is 4. The lowest BCUT2D eigenvalue weighted by Gasteiger charge is -2.24. The van der Waals surface area contributed by atoms with Gasteiger partial charge in [-0.2, -0.15) is 5.10 Å². The molecule has 2 aromatic heterocycles. The zero-order chi connectivity index (χ0) is 12.7. The second-order valence-corrected chi connectivity index (χ2v) is 4.53. The van der Waals surface area contributed by atoms with Gasteiger partial charge < -0.3 is 10.0 Å². The van der Waals surface area contributed by atoms with Crippen LogP contribution in [0.5, 0.6) is 0 Å². The molecule has 18 heavy (non-hydrogen) atoms. The Kier molecular flexibility index (Phi) is 2.43. The topological polar surface area (TPSA) is 71.2 Å². The van der Waals surface area contributed by atoms with Crippen LogP contribution in [0.4, 0.5) is 5.69 Å². The highest BCUT2D eigenvalue weighted by Gasteiger charge is 2.31. The van der Waals surface area contributed by atoms with E-state index in [-0.39, 0.29) is 0 Å². The minimum Gasteiger partial charge on any atom is -0.480 e. The molecule has 6 heteroatoms. The number of aryl methyl sites for hydroxylation is 1. The van der Waals surface area contributed by atoms with Crippen LogP contribution in [0.25, 0.3) is 11.0 Å². The lowest BCUT2D eigenvalue weighted by Crippen LogP contribution is -2.35. The van der Waals surface area contributed by atoms with Gasteiger partial charge in [0.1, 0.15) is 6.04 Å². The van der Waals surface area contributed by atoms with Crippen molar-refractivity contribution in [2.24, 2.45) is 7.05 Å². The second-order valence-electron chi connectivity index (χ2n) is 4.53. The number of hydrogen-bond donors (Lipinski definition) is 1. The van der Waals surface area contributed by atoms with E-state index in [0.717, 1.165) is 29.7 Å². The summed E-state index contributed by atoms with van der Waals surface area (Å²) >= 11 is 0. The fourth-order valence-electron chi connectivity index (χ4n) is 2.60. The van der Waals surface area contributed by atoms with Crippen molar-refractivity contribution in [1.29, 1.82) is 0 Å². The summed E-state index contributed by atoms with van der Waals surface area (Å²) < 4.78 is 1.70. The fraction of sp³-hybridized carbons (Fsp3) is 0.417. The molecule has 2 aromatic rings. The Morgan fingerprint density at radius 3 is 3.17 bits per heavy atom. The number of nitrogens with zero attached hydrogens (tertiary/aromatic N) is 4. The third-order valence-corrected chi connectivity index (χ3v) is 3.46. The molecule has 1 N–H and O–H groups in total. The lowest BCUT2D eigenvalue weighted by atomic mass is 10.2. The quantitative estimate of drug-likeness (QED) is 0.856. The van der Waals surface area contributed by atoms with E-state index < -0.39 is 12.0 Å². The first kappa shape index (κ1) is 11.0. The van der Waals surface area contributed by atoms with Crippen molar-refractivity contribution in [2.45, 2.75) is 18.9 Å². The van der Waals surface area contributed by atoms with Crippen molar-refractivity contribution in [2.75, 3.05) is 11.4 Å². The number of fused-ring (bicyclic) bond motifs is 1. The number of aliphatic carboxylic acids is 1. The fourth-order valence-corrected chi connectivity index (χ4v) is 2.60. The summed E-state index contributed by atoms with van der Waals surface area (Å²) in [6.07, 6.45) is 5.05. The monoisotopic (exact) mass is 246 g/mol. The number of rotatable bonds is 2. The predicted octanol–water partition coefficient (Wildman–Crippen LogP) is 1.02. The molecule has 0 radical (unpaired) electrons. The first-order chi connectivity index (χ1) is 8.68. The van der Waals surface area contributed by atoms with Gasteiger partial charge in [0.15, 0.2) is 5.65 Å². The molecule has 1 fully saturated rings. The highest BCUT2D eigenvalue weighted by Crippen LogP contribution is 2.31. The predicted molar refractivity (Wildman–Crippen MR) is 66.5 cm³/mol. The van der Waals surface area contributed by atoms with Crippen molar-refractivity contribution in [3.8, 4) is 0 Å². The molecule has 0 saturated carbocycles. The minimum atomic E-state index is -0.763. The standard InChI is InChI=1S/C12H14N4O2/c1-15-11-8(7-14-15)9(4-5-13-11)16-6-2-3-10(16)12(17)18/h4-5,7,10H,2-3,6H2,1H3,(H,17,18). The van der Waals surface area contributed by atoms with Gasteiger partial charge in [-0.15, -0.1) is 0 Å². The van der Waals surface area contributed by atoms with Crippen LogP contribution in [0, 0.1) is 0 Å². The van der Waals surface area contributed by atoms with Crippen LogP contribution < -0.4 is 4.90 Å². The molecule has 1 aliphatic heterocycles. The van der Waals surface area contributed by atoms with Crippen LogP contribution in [-0.4, -0.2) is 38.4 Å². The smallest absolute Gasteiger partial charge is 0.326 e. The van der Waals surface area contributed by atoms with Gasteiger partial charge in [0, 0.05) is 19.8 Å².